The van der Waals surface area contributed by atoms with Crippen LogP contribution < -0.4 is 5.32 Å². The third-order valence-electron chi connectivity index (χ3n) is 2.91. The third-order valence-corrected chi connectivity index (χ3v) is 2.91. The van der Waals surface area contributed by atoms with Crippen molar-refractivity contribution >= 4 is 11.5 Å². The van der Waals surface area contributed by atoms with Crippen molar-refractivity contribution in [2.45, 2.75) is 19.9 Å². The molecule has 2 heterocycles. The molecule has 0 saturated heterocycles. The molecule has 0 amide bonds. The second-order valence-corrected chi connectivity index (χ2v) is 4.52. The Morgan fingerprint density at radius 2 is 2.24 bits per heavy atom. The van der Waals surface area contributed by atoms with Crippen LogP contribution >= 0.6 is 0 Å². The van der Waals surface area contributed by atoms with Gasteiger partial charge in [-0.1, -0.05) is 19.9 Å². The Hall–Kier alpha value is -1.55. The molecule has 0 fully saturated rings. The molecule has 4 nitrogen and oxygen atoms in total. The van der Waals surface area contributed by atoms with E-state index in [1.54, 1.807) is 13.3 Å². The van der Waals surface area contributed by atoms with Gasteiger partial charge in [-0.2, -0.15) is 0 Å². The Morgan fingerprint density at radius 1 is 1.41 bits per heavy atom. The van der Waals surface area contributed by atoms with Crippen LogP contribution in [0.1, 0.15) is 13.8 Å². The monoisotopic (exact) mass is 233 g/mol. The Balaban J connectivity index is 2.24. The molecule has 0 spiro atoms. The second-order valence-electron chi connectivity index (χ2n) is 4.52. The van der Waals surface area contributed by atoms with Gasteiger partial charge in [-0.05, 0) is 18.1 Å². The molecule has 2 aromatic rings. The first kappa shape index (κ1) is 11.9. The minimum Gasteiger partial charge on any atom is -0.383 e. The molecule has 4 heteroatoms. The molecule has 0 aliphatic heterocycles. The molecule has 0 aromatic carbocycles. The van der Waals surface area contributed by atoms with Gasteiger partial charge in [-0.3, -0.25) is 4.40 Å². The molecule has 17 heavy (non-hydrogen) atoms. The minimum absolute atomic E-state index is 0.299. The van der Waals surface area contributed by atoms with Gasteiger partial charge in [0.25, 0.3) is 0 Å². The first-order valence-corrected chi connectivity index (χ1v) is 5.90. The van der Waals surface area contributed by atoms with Crippen molar-refractivity contribution in [3.05, 3.63) is 30.6 Å². The minimum atomic E-state index is 0.299. The summed E-state index contributed by atoms with van der Waals surface area (Å²) in [6, 6.07) is 6.36. The molecular weight excluding hydrogens is 214 g/mol. The number of nitrogens with one attached hydrogen (secondary N) is 1. The summed E-state index contributed by atoms with van der Waals surface area (Å²) >= 11 is 0. The van der Waals surface area contributed by atoms with Gasteiger partial charge in [0, 0.05) is 19.5 Å². The fourth-order valence-electron chi connectivity index (χ4n) is 1.84. The third kappa shape index (κ3) is 2.58. The van der Waals surface area contributed by atoms with Crippen molar-refractivity contribution in [3.8, 4) is 0 Å². The van der Waals surface area contributed by atoms with Gasteiger partial charge < -0.3 is 10.1 Å². The van der Waals surface area contributed by atoms with Crippen molar-refractivity contribution in [1.82, 2.24) is 9.38 Å². The number of fused-ring (bicyclic) bond motifs is 1. The Kier molecular flexibility index (Phi) is 3.64. The normalized spacial score (nSPS) is 13.2. The second kappa shape index (κ2) is 5.19. The summed E-state index contributed by atoms with van der Waals surface area (Å²) in [7, 11) is 1.73. The van der Waals surface area contributed by atoms with Crippen molar-refractivity contribution in [1.29, 1.82) is 0 Å². The van der Waals surface area contributed by atoms with Crippen molar-refractivity contribution in [2.75, 3.05) is 19.0 Å². The molecule has 2 rings (SSSR count). The van der Waals surface area contributed by atoms with Gasteiger partial charge >= 0.3 is 0 Å². The molecule has 0 bridgehead atoms. The highest BCUT2D eigenvalue weighted by atomic mass is 16.5. The smallest absolute Gasteiger partial charge is 0.138 e. The number of aromatic nitrogens is 2. The number of methoxy groups -OCH3 is 1. The highest BCUT2D eigenvalue weighted by Gasteiger charge is 2.13. The number of rotatable bonds is 5. The van der Waals surface area contributed by atoms with Gasteiger partial charge in [0.05, 0.1) is 12.6 Å². The van der Waals surface area contributed by atoms with E-state index in [1.165, 1.54) is 0 Å². The lowest BCUT2D eigenvalue weighted by Crippen LogP contribution is -2.31. The quantitative estimate of drug-likeness (QED) is 0.862. The van der Waals surface area contributed by atoms with E-state index in [2.05, 4.69) is 30.2 Å². The Bertz CT molecular complexity index is 478. The first-order valence-electron chi connectivity index (χ1n) is 5.90. The van der Waals surface area contributed by atoms with E-state index >= 15 is 0 Å². The number of nitrogens with zero attached hydrogens (tertiary/aromatic N) is 2. The zero-order valence-corrected chi connectivity index (χ0v) is 10.6. The van der Waals surface area contributed by atoms with Gasteiger partial charge in [0.15, 0.2) is 0 Å². The lowest BCUT2D eigenvalue weighted by atomic mass is 10.1. The Morgan fingerprint density at radius 3 is 2.94 bits per heavy atom. The molecule has 1 N–H and O–H groups in total. The summed E-state index contributed by atoms with van der Waals surface area (Å²) in [4.78, 5) is 4.27. The lowest BCUT2D eigenvalue weighted by molar-refractivity contribution is 0.171. The predicted molar refractivity (Wildman–Crippen MR) is 69.3 cm³/mol. The number of anilines is 1. The zero-order chi connectivity index (χ0) is 12.3. The van der Waals surface area contributed by atoms with E-state index in [0.29, 0.717) is 18.6 Å². The fraction of sp³-hybridized carbons (Fsp3) is 0.462. The van der Waals surface area contributed by atoms with Crippen LogP contribution in [0.3, 0.4) is 0 Å². The van der Waals surface area contributed by atoms with Crippen LogP contribution in [0.2, 0.25) is 0 Å². The highest BCUT2D eigenvalue weighted by Crippen LogP contribution is 2.15. The summed E-state index contributed by atoms with van der Waals surface area (Å²) in [5, 5.41) is 3.51. The maximum absolute atomic E-state index is 5.24. The summed E-state index contributed by atoms with van der Waals surface area (Å²) in [5.41, 5.74) is 0.954. The average molecular weight is 233 g/mol. The maximum atomic E-state index is 5.24. The van der Waals surface area contributed by atoms with Crippen LogP contribution in [-0.4, -0.2) is 29.1 Å². The van der Waals surface area contributed by atoms with E-state index in [1.807, 2.05) is 22.7 Å². The van der Waals surface area contributed by atoms with Crippen LogP contribution in [0.15, 0.2) is 30.6 Å². The number of hydrogen-bond donors (Lipinski definition) is 1. The molecule has 92 valence electrons. The maximum Gasteiger partial charge on any atom is 0.138 e. The van der Waals surface area contributed by atoms with Gasteiger partial charge in [0.1, 0.15) is 11.5 Å². The number of ether oxygens (including phenoxy) is 1. The van der Waals surface area contributed by atoms with Crippen molar-refractivity contribution < 1.29 is 4.74 Å². The summed E-state index contributed by atoms with van der Waals surface area (Å²) in [5.74, 6) is 1.56. The summed E-state index contributed by atoms with van der Waals surface area (Å²) in [6.45, 7) is 5.07. The topological polar surface area (TPSA) is 38.6 Å². The van der Waals surface area contributed by atoms with E-state index < -0.39 is 0 Å². The molecule has 0 saturated carbocycles. The molecular formula is C13H19N3O. The van der Waals surface area contributed by atoms with Gasteiger partial charge in [-0.15, -0.1) is 0 Å². The van der Waals surface area contributed by atoms with E-state index in [0.717, 1.165) is 11.5 Å². The van der Waals surface area contributed by atoms with Crippen molar-refractivity contribution in [3.63, 3.8) is 0 Å². The standard InChI is InChI=1S/C13H19N3O/c1-10(2)11(9-17-3)15-13-6-4-5-12-14-7-8-16(12)13/h4-8,10-11,15H,9H2,1-3H3. The van der Waals surface area contributed by atoms with E-state index in [4.69, 9.17) is 4.74 Å². The van der Waals surface area contributed by atoms with E-state index in [-0.39, 0.29) is 0 Å². The van der Waals surface area contributed by atoms with Crippen LogP contribution in [0.4, 0.5) is 5.82 Å². The van der Waals surface area contributed by atoms with E-state index in [9.17, 15) is 0 Å². The van der Waals surface area contributed by atoms with Crippen LogP contribution in [0.25, 0.3) is 5.65 Å². The van der Waals surface area contributed by atoms with Gasteiger partial charge in [0.2, 0.25) is 0 Å². The van der Waals surface area contributed by atoms with Gasteiger partial charge in [-0.25, -0.2) is 4.98 Å². The number of hydrogen-bond acceptors (Lipinski definition) is 3. The number of imidazole rings is 1. The largest absolute Gasteiger partial charge is 0.383 e. The molecule has 2 aromatic heterocycles. The lowest BCUT2D eigenvalue weighted by Gasteiger charge is -2.23. The first-order chi connectivity index (χ1) is 8.22. The molecule has 0 radical (unpaired) electrons. The Labute approximate surface area is 102 Å². The summed E-state index contributed by atoms with van der Waals surface area (Å²) in [6.07, 6.45) is 3.77. The van der Waals surface area contributed by atoms with Crippen molar-refractivity contribution in [2.24, 2.45) is 5.92 Å². The highest BCUT2D eigenvalue weighted by molar-refractivity contribution is 5.50. The average Bonchev–Trinajstić information content (AvgIpc) is 2.77. The fourth-order valence-corrected chi connectivity index (χ4v) is 1.84. The van der Waals surface area contributed by atoms with Crippen LogP contribution in [-0.2, 0) is 4.74 Å². The molecule has 0 aliphatic rings. The van der Waals surface area contributed by atoms with Crippen LogP contribution in [0.5, 0.6) is 0 Å². The summed E-state index contributed by atoms with van der Waals surface area (Å²) < 4.78 is 7.29. The predicted octanol–water partition coefficient (Wildman–Crippen LogP) is 2.42. The SMILES string of the molecule is COCC(Nc1cccc2nccn12)C(C)C. The molecule has 0 aliphatic carbocycles. The molecule has 1 unspecified atom stereocenters. The van der Waals surface area contributed by atoms with Crippen LogP contribution in [0, 0.1) is 5.92 Å². The number of pyridine rings is 1. The molecule has 1 atom stereocenters. The zero-order valence-electron chi connectivity index (χ0n) is 10.6.